The van der Waals surface area contributed by atoms with Crippen molar-refractivity contribution in [2.45, 2.75) is 17.9 Å². The Morgan fingerprint density at radius 1 is 1.15 bits per heavy atom. The van der Waals surface area contributed by atoms with Gasteiger partial charge in [-0.2, -0.15) is 10.4 Å². The number of nitrogens with one attached hydrogen (secondary N) is 1. The average molecular weight is 479 g/mol. The molecule has 4 aromatic rings. The monoisotopic (exact) mass is 478 g/mol. The van der Waals surface area contributed by atoms with Crippen LogP contribution in [0, 0.1) is 11.3 Å². The van der Waals surface area contributed by atoms with E-state index >= 15 is 0 Å². The summed E-state index contributed by atoms with van der Waals surface area (Å²) < 4.78 is 26.6. The number of carbonyl (C=O) groups excluding carboxylic acids is 1. The molecule has 0 spiro atoms. The molecule has 0 bridgehead atoms. The molecule has 0 saturated heterocycles. The van der Waals surface area contributed by atoms with Crippen LogP contribution in [0.2, 0.25) is 5.02 Å². The number of benzene rings is 3. The number of hydrogen-bond donors (Lipinski definition) is 1. The highest BCUT2D eigenvalue weighted by Gasteiger charge is 2.18. The number of hydrogen-bond acceptors (Lipinski definition) is 5. The zero-order valence-corrected chi connectivity index (χ0v) is 19.2. The van der Waals surface area contributed by atoms with Gasteiger partial charge in [0.15, 0.2) is 9.84 Å². The number of amides is 1. The molecule has 0 aliphatic carbocycles. The molecule has 3 aromatic carbocycles. The predicted molar refractivity (Wildman–Crippen MR) is 127 cm³/mol. The maximum atomic E-state index is 12.6. The van der Waals surface area contributed by atoms with Crippen LogP contribution in [0.1, 0.15) is 16.7 Å². The lowest BCUT2D eigenvalue weighted by Gasteiger charge is -2.11. The van der Waals surface area contributed by atoms with Crippen molar-refractivity contribution in [3.05, 3.63) is 88.6 Å². The summed E-state index contributed by atoms with van der Waals surface area (Å²) in [6.45, 7) is 0.370. The topological polar surface area (TPSA) is 105 Å². The van der Waals surface area contributed by atoms with Gasteiger partial charge in [0.2, 0.25) is 5.91 Å². The molecule has 33 heavy (non-hydrogen) atoms. The second kappa shape index (κ2) is 9.06. The number of nitrogens with zero attached hydrogens (tertiary/aromatic N) is 3. The minimum atomic E-state index is -3.58. The molecule has 0 unspecified atom stereocenters. The second-order valence-corrected chi connectivity index (χ2v) is 10.00. The molecule has 4 rings (SSSR count). The molecule has 1 heterocycles. The molecule has 0 radical (unpaired) electrons. The summed E-state index contributed by atoms with van der Waals surface area (Å²) >= 11 is 6.15. The fraction of sp³-hybridized carbons (Fsp3) is 0.125. The van der Waals surface area contributed by atoms with Crippen molar-refractivity contribution in [2.75, 3.05) is 11.6 Å². The van der Waals surface area contributed by atoms with E-state index in [4.69, 9.17) is 16.9 Å². The summed E-state index contributed by atoms with van der Waals surface area (Å²) in [5.41, 5.74) is 3.03. The van der Waals surface area contributed by atoms with Gasteiger partial charge >= 0.3 is 0 Å². The van der Waals surface area contributed by atoms with E-state index in [1.165, 1.54) is 12.3 Å². The minimum Gasteiger partial charge on any atom is -0.326 e. The molecule has 0 aliphatic rings. The summed E-state index contributed by atoms with van der Waals surface area (Å²) in [6.07, 6.45) is 2.68. The maximum absolute atomic E-state index is 12.6. The molecular weight excluding hydrogens is 460 g/mol. The van der Waals surface area contributed by atoms with Gasteiger partial charge in [-0.25, -0.2) is 8.42 Å². The number of anilines is 1. The zero-order chi connectivity index (χ0) is 23.6. The first kappa shape index (κ1) is 22.5. The highest BCUT2D eigenvalue weighted by molar-refractivity contribution is 7.91. The van der Waals surface area contributed by atoms with Gasteiger partial charge in [-0.3, -0.25) is 9.48 Å². The van der Waals surface area contributed by atoms with E-state index in [-0.39, 0.29) is 17.2 Å². The van der Waals surface area contributed by atoms with Gasteiger partial charge < -0.3 is 5.32 Å². The van der Waals surface area contributed by atoms with Gasteiger partial charge in [0, 0.05) is 22.4 Å². The van der Waals surface area contributed by atoms with Gasteiger partial charge in [0.05, 0.1) is 41.2 Å². The minimum absolute atomic E-state index is 0.0520. The molecule has 0 fully saturated rings. The molecule has 1 N–H and O–H groups in total. The van der Waals surface area contributed by atoms with E-state index < -0.39 is 9.84 Å². The van der Waals surface area contributed by atoms with E-state index in [1.54, 1.807) is 47.1 Å². The fourth-order valence-corrected chi connectivity index (χ4v) is 4.63. The summed E-state index contributed by atoms with van der Waals surface area (Å²) in [4.78, 5) is 12.7. The number of sulfone groups is 1. The Balaban J connectivity index is 1.69. The van der Waals surface area contributed by atoms with E-state index in [9.17, 15) is 13.2 Å². The van der Waals surface area contributed by atoms with Gasteiger partial charge in [-0.05, 0) is 41.5 Å². The van der Waals surface area contributed by atoms with E-state index in [2.05, 4.69) is 16.5 Å². The number of fused-ring (bicyclic) bond motifs is 1. The highest BCUT2D eigenvalue weighted by atomic mass is 35.5. The van der Waals surface area contributed by atoms with E-state index in [1.807, 2.05) is 12.1 Å². The molecule has 1 aromatic heterocycles. The molecular formula is C24H19ClN4O3S. The molecule has 166 valence electrons. The van der Waals surface area contributed by atoms with Crippen molar-refractivity contribution < 1.29 is 13.2 Å². The summed E-state index contributed by atoms with van der Waals surface area (Å²) in [6, 6.07) is 19.3. The van der Waals surface area contributed by atoms with E-state index in [0.717, 1.165) is 11.8 Å². The van der Waals surface area contributed by atoms with Gasteiger partial charge in [0.25, 0.3) is 0 Å². The van der Waals surface area contributed by atoms with Crippen LogP contribution in [0.15, 0.2) is 71.8 Å². The lowest BCUT2D eigenvalue weighted by molar-refractivity contribution is -0.115. The first-order valence-corrected chi connectivity index (χ1v) is 12.2. The smallest absolute Gasteiger partial charge is 0.228 e. The van der Waals surface area contributed by atoms with Crippen LogP contribution in [0.3, 0.4) is 0 Å². The van der Waals surface area contributed by atoms with Crippen molar-refractivity contribution >= 4 is 43.9 Å². The summed E-state index contributed by atoms with van der Waals surface area (Å²) in [7, 11) is -3.58. The third-order valence-electron chi connectivity index (χ3n) is 5.13. The standard InChI is InChI=1S/C24H19ClN4O3S/c1-33(31,32)23-12-19(28-24(30)10-18-4-2-3-5-21(18)25)11-22-20(23)14-27-29(22)15-17-8-6-16(13-26)7-9-17/h2-9,11-12,14H,10,15H2,1H3,(H,28,30). The number of nitriles is 1. The summed E-state index contributed by atoms with van der Waals surface area (Å²) in [5.74, 6) is -0.319. The fourth-order valence-electron chi connectivity index (χ4n) is 3.53. The van der Waals surface area contributed by atoms with Crippen molar-refractivity contribution in [3.63, 3.8) is 0 Å². The lowest BCUT2D eigenvalue weighted by atomic mass is 10.1. The lowest BCUT2D eigenvalue weighted by Crippen LogP contribution is -2.15. The maximum Gasteiger partial charge on any atom is 0.228 e. The van der Waals surface area contributed by atoms with Gasteiger partial charge in [-0.15, -0.1) is 0 Å². The van der Waals surface area contributed by atoms with Crippen LogP contribution in [0.4, 0.5) is 5.69 Å². The number of carbonyl (C=O) groups is 1. The Morgan fingerprint density at radius 2 is 1.88 bits per heavy atom. The quantitative estimate of drug-likeness (QED) is 0.447. The molecule has 0 saturated carbocycles. The van der Waals surface area contributed by atoms with Crippen LogP contribution in [-0.2, 0) is 27.6 Å². The number of halogens is 1. The van der Waals surface area contributed by atoms with Gasteiger partial charge in [-0.1, -0.05) is 41.9 Å². The third-order valence-corrected chi connectivity index (χ3v) is 6.64. The molecule has 0 atom stereocenters. The van der Waals surface area contributed by atoms with Crippen LogP contribution < -0.4 is 5.32 Å². The van der Waals surface area contributed by atoms with E-state index in [0.29, 0.717) is 39.3 Å². The van der Waals surface area contributed by atoms with Crippen molar-refractivity contribution in [1.29, 1.82) is 5.26 Å². The molecule has 0 aliphatic heterocycles. The van der Waals surface area contributed by atoms with Crippen LogP contribution in [0.5, 0.6) is 0 Å². The Labute approximate surface area is 196 Å². The summed E-state index contributed by atoms with van der Waals surface area (Å²) in [5, 5.41) is 17.1. The van der Waals surface area contributed by atoms with Crippen molar-refractivity contribution in [3.8, 4) is 6.07 Å². The normalized spacial score (nSPS) is 11.3. The molecule has 7 nitrogen and oxygen atoms in total. The highest BCUT2D eigenvalue weighted by Crippen LogP contribution is 2.28. The Bertz CT molecular complexity index is 1500. The Kier molecular flexibility index (Phi) is 6.18. The SMILES string of the molecule is CS(=O)(=O)c1cc(NC(=O)Cc2ccccc2Cl)cc2c1cnn2Cc1ccc(C#N)cc1. The molecule has 1 amide bonds. The zero-order valence-electron chi connectivity index (χ0n) is 17.6. The first-order valence-electron chi connectivity index (χ1n) is 9.96. The van der Waals surface area contributed by atoms with Crippen molar-refractivity contribution in [1.82, 2.24) is 9.78 Å². The average Bonchev–Trinajstić information content (AvgIpc) is 3.17. The third kappa shape index (κ3) is 5.06. The Morgan fingerprint density at radius 3 is 2.55 bits per heavy atom. The first-order chi connectivity index (χ1) is 15.7. The van der Waals surface area contributed by atoms with Crippen molar-refractivity contribution in [2.24, 2.45) is 0 Å². The van der Waals surface area contributed by atoms with Crippen LogP contribution in [-0.4, -0.2) is 30.4 Å². The second-order valence-electron chi connectivity index (χ2n) is 7.61. The Hall–Kier alpha value is -3.67. The predicted octanol–water partition coefficient (Wildman–Crippen LogP) is 4.19. The van der Waals surface area contributed by atoms with Crippen LogP contribution in [0.25, 0.3) is 10.9 Å². The number of aromatic nitrogens is 2. The molecule has 9 heteroatoms. The largest absolute Gasteiger partial charge is 0.326 e. The van der Waals surface area contributed by atoms with Gasteiger partial charge in [0.1, 0.15) is 0 Å². The van der Waals surface area contributed by atoms with Crippen LogP contribution >= 0.6 is 11.6 Å². The number of rotatable bonds is 6.